The summed E-state index contributed by atoms with van der Waals surface area (Å²) in [6.07, 6.45) is 6.02. The van der Waals surface area contributed by atoms with Crippen molar-refractivity contribution in [2.75, 3.05) is 0 Å². The molecule has 1 nitrogen and oxygen atoms in total. The summed E-state index contributed by atoms with van der Waals surface area (Å²) in [5.74, 6) is 0.409. The Morgan fingerprint density at radius 3 is 2.56 bits per heavy atom. The molecule has 0 unspecified atom stereocenters. The summed E-state index contributed by atoms with van der Waals surface area (Å²) in [6, 6.07) is 0. The van der Waals surface area contributed by atoms with Crippen molar-refractivity contribution in [2.45, 2.75) is 40.0 Å². The Balaban J connectivity index is 2.96. The molecule has 0 N–H and O–H groups in total. The first kappa shape index (κ1) is 14.7. The largest absolute Gasteiger partial charge is 0.324 e. The molecule has 0 aromatic rings. The van der Waals surface area contributed by atoms with E-state index in [-0.39, 0.29) is 5.57 Å². The number of hydrogen-bond acceptors (Lipinski definition) is 1. The molecule has 18 heavy (non-hydrogen) atoms. The second-order valence-corrected chi connectivity index (χ2v) is 4.77. The van der Waals surface area contributed by atoms with E-state index in [1.165, 1.54) is 17.8 Å². The highest BCUT2D eigenvalue weighted by Gasteiger charge is 2.15. The van der Waals surface area contributed by atoms with Gasteiger partial charge in [0.1, 0.15) is 0 Å². The zero-order valence-corrected chi connectivity index (χ0v) is 11.3. The summed E-state index contributed by atoms with van der Waals surface area (Å²) in [6.45, 7) is 10.2. The van der Waals surface area contributed by atoms with Crippen LogP contribution >= 0.6 is 0 Å². The molecule has 1 aliphatic rings. The molecule has 0 saturated carbocycles. The molecule has 1 rings (SSSR count). The van der Waals surface area contributed by atoms with Crippen LogP contribution in [0.4, 0.5) is 8.78 Å². The quantitative estimate of drug-likeness (QED) is 0.676. The van der Waals surface area contributed by atoms with Crippen LogP contribution in [-0.4, -0.2) is 11.3 Å². The van der Waals surface area contributed by atoms with E-state index in [9.17, 15) is 8.78 Å². The molecule has 1 heterocycles. The molecule has 3 heteroatoms. The molecular formula is C15H21F2N. The van der Waals surface area contributed by atoms with Crippen LogP contribution in [0.5, 0.6) is 0 Å². The summed E-state index contributed by atoms with van der Waals surface area (Å²) in [4.78, 5) is 1.70. The lowest BCUT2D eigenvalue weighted by molar-refractivity contribution is 0.192. The molecule has 0 saturated heterocycles. The zero-order valence-electron chi connectivity index (χ0n) is 11.3. The van der Waals surface area contributed by atoms with E-state index in [1.807, 2.05) is 6.20 Å². The minimum atomic E-state index is -2.45. The Hall–Kier alpha value is -1.38. The minimum absolute atomic E-state index is 0.0262. The van der Waals surface area contributed by atoms with Gasteiger partial charge in [0.2, 0.25) is 0 Å². The van der Waals surface area contributed by atoms with E-state index in [0.29, 0.717) is 11.6 Å². The van der Waals surface area contributed by atoms with Crippen molar-refractivity contribution < 1.29 is 8.78 Å². The van der Waals surface area contributed by atoms with Gasteiger partial charge in [-0.3, -0.25) is 0 Å². The number of allylic oxidation sites excluding steroid dienone is 4. The average Bonchev–Trinajstić information content (AvgIpc) is 2.30. The smallest absolute Gasteiger partial charge is 0.265 e. The standard InChI is InChI=1S/C15H21F2N/c1-5-6-13(11(2)3)9-18-10-14(15(16)17)8-7-12(18)4/h7-11,15H,4-6H2,1-3H3/b13-9+. The molecule has 0 radical (unpaired) electrons. The summed E-state index contributed by atoms with van der Waals surface area (Å²) in [5.41, 5.74) is 1.99. The maximum absolute atomic E-state index is 12.7. The first-order valence-electron chi connectivity index (χ1n) is 6.31. The second kappa shape index (κ2) is 6.53. The van der Waals surface area contributed by atoms with Gasteiger partial charge in [0.25, 0.3) is 6.43 Å². The molecule has 0 spiro atoms. The fraction of sp³-hybridized carbons (Fsp3) is 0.467. The van der Waals surface area contributed by atoms with Crippen molar-refractivity contribution in [1.29, 1.82) is 0 Å². The maximum atomic E-state index is 12.7. The van der Waals surface area contributed by atoms with Crippen molar-refractivity contribution in [3.05, 3.63) is 48.0 Å². The van der Waals surface area contributed by atoms with Gasteiger partial charge in [0.15, 0.2) is 0 Å². The van der Waals surface area contributed by atoms with Crippen molar-refractivity contribution in [3.8, 4) is 0 Å². The predicted molar refractivity (Wildman–Crippen MR) is 72.0 cm³/mol. The van der Waals surface area contributed by atoms with Crippen LogP contribution in [0, 0.1) is 5.92 Å². The summed E-state index contributed by atoms with van der Waals surface area (Å²) >= 11 is 0. The molecule has 100 valence electrons. The maximum Gasteiger partial charge on any atom is 0.265 e. The first-order valence-corrected chi connectivity index (χ1v) is 6.31. The van der Waals surface area contributed by atoms with Gasteiger partial charge in [0.05, 0.1) is 0 Å². The van der Waals surface area contributed by atoms with Gasteiger partial charge in [-0.05, 0) is 24.5 Å². The van der Waals surface area contributed by atoms with E-state index in [2.05, 4.69) is 27.4 Å². The molecule has 0 fully saturated rings. The summed E-state index contributed by atoms with van der Waals surface area (Å²) in [5, 5.41) is 0. The number of halogens is 2. The van der Waals surface area contributed by atoms with Gasteiger partial charge >= 0.3 is 0 Å². The highest BCUT2D eigenvalue weighted by Crippen LogP contribution is 2.24. The monoisotopic (exact) mass is 253 g/mol. The minimum Gasteiger partial charge on any atom is -0.324 e. The normalized spacial score (nSPS) is 16.8. The van der Waals surface area contributed by atoms with Gasteiger partial charge in [-0.25, -0.2) is 8.78 Å². The van der Waals surface area contributed by atoms with Gasteiger partial charge in [-0.15, -0.1) is 0 Å². The molecule has 0 amide bonds. The van der Waals surface area contributed by atoms with Crippen molar-refractivity contribution in [2.24, 2.45) is 5.92 Å². The first-order chi connectivity index (χ1) is 8.45. The summed E-state index contributed by atoms with van der Waals surface area (Å²) < 4.78 is 25.3. The molecule has 0 atom stereocenters. The fourth-order valence-electron chi connectivity index (χ4n) is 1.78. The third kappa shape index (κ3) is 3.83. The molecular weight excluding hydrogens is 232 g/mol. The SMILES string of the molecule is C=C1C=CC(C(F)F)=CN1/C=C(\CCC)C(C)C. The van der Waals surface area contributed by atoms with Gasteiger partial charge < -0.3 is 4.90 Å². The lowest BCUT2D eigenvalue weighted by Crippen LogP contribution is -2.15. The van der Waals surface area contributed by atoms with E-state index in [0.717, 1.165) is 12.8 Å². The van der Waals surface area contributed by atoms with E-state index in [4.69, 9.17) is 0 Å². The number of hydrogen-bond donors (Lipinski definition) is 0. The van der Waals surface area contributed by atoms with Crippen LogP contribution in [0.25, 0.3) is 0 Å². The van der Waals surface area contributed by atoms with Gasteiger partial charge in [-0.2, -0.15) is 0 Å². The van der Waals surface area contributed by atoms with Crippen LogP contribution in [-0.2, 0) is 0 Å². The third-order valence-electron chi connectivity index (χ3n) is 2.93. The highest BCUT2D eigenvalue weighted by atomic mass is 19.3. The van der Waals surface area contributed by atoms with Crippen LogP contribution in [0.15, 0.2) is 48.0 Å². The Morgan fingerprint density at radius 2 is 2.06 bits per heavy atom. The van der Waals surface area contributed by atoms with E-state index in [1.54, 1.807) is 11.0 Å². The van der Waals surface area contributed by atoms with Gasteiger partial charge in [0, 0.05) is 23.7 Å². The topological polar surface area (TPSA) is 3.24 Å². The molecule has 1 aliphatic heterocycles. The molecule has 0 aromatic heterocycles. The Bertz CT molecular complexity index is 389. The number of alkyl halides is 2. The number of rotatable bonds is 5. The fourth-order valence-corrected chi connectivity index (χ4v) is 1.78. The van der Waals surface area contributed by atoms with Crippen molar-refractivity contribution in [3.63, 3.8) is 0 Å². The van der Waals surface area contributed by atoms with Crippen LogP contribution in [0.1, 0.15) is 33.6 Å². The third-order valence-corrected chi connectivity index (χ3v) is 2.93. The summed E-state index contributed by atoms with van der Waals surface area (Å²) in [7, 11) is 0. The van der Waals surface area contributed by atoms with E-state index >= 15 is 0 Å². The van der Waals surface area contributed by atoms with Crippen LogP contribution < -0.4 is 0 Å². The number of nitrogens with zero attached hydrogens (tertiary/aromatic N) is 1. The van der Waals surface area contributed by atoms with Gasteiger partial charge in [-0.1, -0.05) is 39.3 Å². The Labute approximate surface area is 108 Å². The predicted octanol–water partition coefficient (Wildman–Crippen LogP) is 4.86. The zero-order chi connectivity index (χ0) is 13.7. The second-order valence-electron chi connectivity index (χ2n) is 4.77. The lowest BCUT2D eigenvalue weighted by atomic mass is 9.99. The van der Waals surface area contributed by atoms with Crippen molar-refractivity contribution >= 4 is 0 Å². The van der Waals surface area contributed by atoms with Crippen LogP contribution in [0.3, 0.4) is 0 Å². The van der Waals surface area contributed by atoms with Crippen LogP contribution in [0.2, 0.25) is 0 Å². The molecule has 0 bridgehead atoms. The average molecular weight is 253 g/mol. The Morgan fingerprint density at radius 1 is 1.39 bits per heavy atom. The van der Waals surface area contributed by atoms with Crippen molar-refractivity contribution in [1.82, 2.24) is 4.90 Å². The van der Waals surface area contributed by atoms with E-state index < -0.39 is 6.43 Å². The molecule has 0 aliphatic carbocycles. The lowest BCUT2D eigenvalue weighted by Gasteiger charge is -2.24. The molecule has 0 aromatic carbocycles. The Kier molecular flexibility index (Phi) is 5.32. The highest BCUT2D eigenvalue weighted by molar-refractivity contribution is 5.35.